The van der Waals surface area contributed by atoms with Crippen molar-refractivity contribution in [1.82, 2.24) is 0 Å². The molecule has 1 rings (SSSR count). The summed E-state index contributed by atoms with van der Waals surface area (Å²) < 4.78 is 18.3. The molecule has 2 atom stereocenters. The number of benzene rings is 1. The Labute approximate surface area is 96.1 Å². The monoisotopic (exact) mass is 226 g/mol. The first-order valence-corrected chi connectivity index (χ1v) is 5.61. The Morgan fingerprint density at radius 3 is 2.31 bits per heavy atom. The largest absolute Gasteiger partial charge is 0.385 e. The zero-order valence-corrected chi connectivity index (χ0v) is 10.0. The van der Waals surface area contributed by atoms with Crippen molar-refractivity contribution in [1.29, 1.82) is 0 Å². The van der Waals surface area contributed by atoms with E-state index >= 15 is 0 Å². The fourth-order valence-electron chi connectivity index (χ4n) is 1.70. The Morgan fingerprint density at radius 2 is 1.88 bits per heavy atom. The highest BCUT2D eigenvalue weighted by molar-refractivity contribution is 5.21. The van der Waals surface area contributed by atoms with Crippen LogP contribution in [0.4, 0.5) is 4.39 Å². The van der Waals surface area contributed by atoms with E-state index in [-0.39, 0.29) is 5.82 Å². The molecule has 0 saturated heterocycles. The number of aliphatic hydroxyl groups is 1. The predicted molar refractivity (Wildman–Crippen MR) is 61.7 cm³/mol. The lowest BCUT2D eigenvalue weighted by atomic mass is 9.90. The summed E-state index contributed by atoms with van der Waals surface area (Å²) in [7, 11) is 0. The summed E-state index contributed by atoms with van der Waals surface area (Å²) in [6.45, 7) is 6.26. The van der Waals surface area contributed by atoms with E-state index in [9.17, 15) is 9.50 Å². The second-order valence-electron chi connectivity index (χ2n) is 4.05. The van der Waals surface area contributed by atoms with Crippen LogP contribution in [0.15, 0.2) is 24.3 Å². The highest BCUT2D eigenvalue weighted by Crippen LogP contribution is 2.31. The van der Waals surface area contributed by atoms with E-state index in [1.54, 1.807) is 12.1 Å². The van der Waals surface area contributed by atoms with Gasteiger partial charge in [0.2, 0.25) is 0 Å². The SMILES string of the molecule is CCOC(C)(CC)C(O)c1ccc(F)cc1. The number of rotatable bonds is 5. The molecule has 0 radical (unpaired) electrons. The van der Waals surface area contributed by atoms with Gasteiger partial charge in [0.05, 0.1) is 5.60 Å². The third-order valence-electron chi connectivity index (χ3n) is 2.94. The zero-order valence-electron chi connectivity index (χ0n) is 10.0. The maximum atomic E-state index is 12.8. The summed E-state index contributed by atoms with van der Waals surface area (Å²) in [6.07, 6.45) is -0.0441. The standard InChI is InChI=1S/C13H19FO2/c1-4-13(3,16-5-2)12(15)10-6-8-11(14)9-7-10/h6-9,12,15H,4-5H2,1-3H3. The number of halogens is 1. The second kappa shape index (κ2) is 5.41. The van der Waals surface area contributed by atoms with Crippen LogP contribution < -0.4 is 0 Å². The van der Waals surface area contributed by atoms with Gasteiger partial charge in [0.1, 0.15) is 11.9 Å². The van der Waals surface area contributed by atoms with E-state index in [0.29, 0.717) is 18.6 Å². The average molecular weight is 226 g/mol. The molecular formula is C13H19FO2. The third-order valence-corrected chi connectivity index (χ3v) is 2.94. The van der Waals surface area contributed by atoms with Crippen molar-refractivity contribution >= 4 is 0 Å². The summed E-state index contributed by atoms with van der Waals surface area (Å²) >= 11 is 0. The molecule has 16 heavy (non-hydrogen) atoms. The van der Waals surface area contributed by atoms with Crippen molar-refractivity contribution in [2.45, 2.75) is 38.9 Å². The van der Waals surface area contributed by atoms with Gasteiger partial charge in [-0.3, -0.25) is 0 Å². The number of ether oxygens (including phenoxy) is 1. The van der Waals surface area contributed by atoms with Crippen LogP contribution in [0.5, 0.6) is 0 Å². The van der Waals surface area contributed by atoms with Gasteiger partial charge in [-0.15, -0.1) is 0 Å². The first-order chi connectivity index (χ1) is 7.53. The minimum atomic E-state index is -0.738. The molecule has 0 aliphatic heterocycles. The highest BCUT2D eigenvalue weighted by atomic mass is 19.1. The normalized spacial score (nSPS) is 16.8. The van der Waals surface area contributed by atoms with Crippen LogP contribution in [-0.2, 0) is 4.74 Å². The van der Waals surface area contributed by atoms with Gasteiger partial charge in [-0.05, 0) is 38.0 Å². The average Bonchev–Trinajstić information content (AvgIpc) is 2.29. The Morgan fingerprint density at radius 1 is 1.31 bits per heavy atom. The van der Waals surface area contributed by atoms with E-state index in [1.807, 2.05) is 20.8 Å². The first kappa shape index (κ1) is 13.1. The van der Waals surface area contributed by atoms with Crippen molar-refractivity contribution in [2.24, 2.45) is 0 Å². The summed E-state index contributed by atoms with van der Waals surface area (Å²) in [4.78, 5) is 0. The van der Waals surface area contributed by atoms with Crippen LogP contribution in [0.25, 0.3) is 0 Å². The third kappa shape index (κ3) is 2.80. The fraction of sp³-hybridized carbons (Fsp3) is 0.538. The molecule has 0 amide bonds. The number of hydrogen-bond acceptors (Lipinski definition) is 2. The molecule has 1 aromatic rings. The number of hydrogen-bond donors (Lipinski definition) is 1. The molecule has 1 N–H and O–H groups in total. The van der Waals surface area contributed by atoms with Crippen molar-refractivity contribution in [2.75, 3.05) is 6.61 Å². The Hall–Kier alpha value is -0.930. The van der Waals surface area contributed by atoms with Gasteiger partial charge in [0.15, 0.2) is 0 Å². The molecule has 3 heteroatoms. The lowest BCUT2D eigenvalue weighted by Crippen LogP contribution is -2.35. The lowest BCUT2D eigenvalue weighted by Gasteiger charge is -2.33. The molecular weight excluding hydrogens is 207 g/mol. The quantitative estimate of drug-likeness (QED) is 0.836. The summed E-state index contributed by atoms with van der Waals surface area (Å²) in [5.74, 6) is -0.300. The molecule has 0 bridgehead atoms. The van der Waals surface area contributed by atoms with Gasteiger partial charge in [0, 0.05) is 6.61 Å². The Kier molecular flexibility index (Phi) is 4.44. The molecule has 0 aliphatic rings. The molecule has 90 valence electrons. The smallest absolute Gasteiger partial charge is 0.123 e. The van der Waals surface area contributed by atoms with Crippen molar-refractivity contribution in [3.05, 3.63) is 35.6 Å². The molecule has 0 aliphatic carbocycles. The predicted octanol–water partition coefficient (Wildman–Crippen LogP) is 3.06. The molecule has 0 aromatic heterocycles. The Balaban J connectivity index is 2.90. The molecule has 0 fully saturated rings. The van der Waals surface area contributed by atoms with E-state index in [0.717, 1.165) is 0 Å². The summed E-state index contributed by atoms with van der Waals surface area (Å²) in [6, 6.07) is 5.88. The maximum Gasteiger partial charge on any atom is 0.123 e. The van der Waals surface area contributed by atoms with Gasteiger partial charge >= 0.3 is 0 Å². The molecule has 0 saturated carbocycles. The molecule has 2 unspecified atom stereocenters. The molecule has 0 spiro atoms. The van der Waals surface area contributed by atoms with Gasteiger partial charge < -0.3 is 9.84 Å². The van der Waals surface area contributed by atoms with Crippen LogP contribution in [0.1, 0.15) is 38.9 Å². The summed E-state index contributed by atoms with van der Waals surface area (Å²) in [5.41, 5.74) is 0.0613. The van der Waals surface area contributed by atoms with Crippen molar-refractivity contribution in [3.63, 3.8) is 0 Å². The van der Waals surface area contributed by atoms with Crippen molar-refractivity contribution in [3.8, 4) is 0 Å². The molecule has 0 heterocycles. The fourth-order valence-corrected chi connectivity index (χ4v) is 1.70. The molecule has 2 nitrogen and oxygen atoms in total. The maximum absolute atomic E-state index is 12.8. The van der Waals surface area contributed by atoms with Crippen LogP contribution in [-0.4, -0.2) is 17.3 Å². The van der Waals surface area contributed by atoms with Gasteiger partial charge in [-0.2, -0.15) is 0 Å². The highest BCUT2D eigenvalue weighted by Gasteiger charge is 2.32. The Bertz CT molecular complexity index is 323. The van der Waals surface area contributed by atoms with Gasteiger partial charge in [0.25, 0.3) is 0 Å². The zero-order chi connectivity index (χ0) is 12.2. The van der Waals surface area contributed by atoms with E-state index in [4.69, 9.17) is 4.74 Å². The lowest BCUT2D eigenvalue weighted by molar-refractivity contribution is -0.113. The van der Waals surface area contributed by atoms with Crippen LogP contribution in [0, 0.1) is 5.82 Å². The van der Waals surface area contributed by atoms with Crippen LogP contribution in [0.3, 0.4) is 0 Å². The first-order valence-electron chi connectivity index (χ1n) is 5.61. The van der Waals surface area contributed by atoms with Gasteiger partial charge in [-0.1, -0.05) is 19.1 Å². The van der Waals surface area contributed by atoms with E-state index < -0.39 is 11.7 Å². The minimum Gasteiger partial charge on any atom is -0.385 e. The topological polar surface area (TPSA) is 29.5 Å². The van der Waals surface area contributed by atoms with Gasteiger partial charge in [-0.25, -0.2) is 4.39 Å². The van der Waals surface area contributed by atoms with Crippen molar-refractivity contribution < 1.29 is 14.2 Å². The van der Waals surface area contributed by atoms with E-state index in [1.165, 1.54) is 12.1 Å². The van der Waals surface area contributed by atoms with E-state index in [2.05, 4.69) is 0 Å². The molecule has 1 aromatic carbocycles. The number of aliphatic hydroxyl groups excluding tert-OH is 1. The van der Waals surface area contributed by atoms with Crippen LogP contribution >= 0.6 is 0 Å². The second-order valence-corrected chi connectivity index (χ2v) is 4.05. The minimum absolute atomic E-state index is 0.300. The van der Waals surface area contributed by atoms with Crippen LogP contribution in [0.2, 0.25) is 0 Å². The summed E-state index contributed by atoms with van der Waals surface area (Å²) in [5, 5.41) is 10.2.